The van der Waals surface area contributed by atoms with E-state index >= 15 is 0 Å². The van der Waals surface area contributed by atoms with Crippen molar-refractivity contribution in [3.63, 3.8) is 0 Å². The maximum atomic E-state index is 13.7. The van der Waals surface area contributed by atoms with Crippen molar-refractivity contribution in [3.8, 4) is 0 Å². The second-order valence-corrected chi connectivity index (χ2v) is 5.65. The number of halogens is 1. The van der Waals surface area contributed by atoms with Crippen molar-refractivity contribution in [1.29, 1.82) is 0 Å². The molecule has 0 aliphatic carbocycles. The summed E-state index contributed by atoms with van der Waals surface area (Å²) in [6.45, 7) is 5.69. The van der Waals surface area contributed by atoms with E-state index in [2.05, 4.69) is 17.1 Å². The normalized spacial score (nSPS) is 32.4. The van der Waals surface area contributed by atoms with Crippen LogP contribution in [0.3, 0.4) is 0 Å². The fourth-order valence-electron chi connectivity index (χ4n) is 3.39. The summed E-state index contributed by atoms with van der Waals surface area (Å²) >= 11 is 0. The monoisotopic (exact) mass is 248 g/mol. The van der Waals surface area contributed by atoms with Gasteiger partial charge in [-0.3, -0.25) is 0 Å². The van der Waals surface area contributed by atoms with Crippen molar-refractivity contribution in [2.75, 3.05) is 19.6 Å². The van der Waals surface area contributed by atoms with Crippen LogP contribution in [0.4, 0.5) is 4.39 Å². The maximum absolute atomic E-state index is 13.7. The van der Waals surface area contributed by atoms with Crippen LogP contribution in [-0.2, 0) is 0 Å². The second-order valence-electron chi connectivity index (χ2n) is 5.65. The first-order valence-electron chi connectivity index (χ1n) is 6.97. The largest absolute Gasteiger partial charge is 0.306 e. The number of rotatable bonds is 3. The molecule has 2 bridgehead atoms. The Balaban J connectivity index is 1.68. The molecule has 0 aromatic heterocycles. The van der Waals surface area contributed by atoms with Crippen LogP contribution in [0.1, 0.15) is 31.4 Å². The minimum absolute atomic E-state index is 0.0942. The zero-order valence-electron chi connectivity index (χ0n) is 10.9. The Labute approximate surface area is 108 Å². The lowest BCUT2D eigenvalue weighted by molar-refractivity contribution is 0.0678. The first kappa shape index (κ1) is 12.1. The third-order valence-electron chi connectivity index (χ3n) is 4.49. The zero-order valence-corrected chi connectivity index (χ0v) is 10.9. The molecule has 3 aliphatic heterocycles. The van der Waals surface area contributed by atoms with Crippen molar-refractivity contribution in [2.24, 2.45) is 5.92 Å². The van der Waals surface area contributed by atoms with Gasteiger partial charge in [-0.25, -0.2) is 4.39 Å². The summed E-state index contributed by atoms with van der Waals surface area (Å²) in [4.78, 5) is 2.52. The van der Waals surface area contributed by atoms with Gasteiger partial charge in [-0.05, 0) is 44.8 Å². The lowest BCUT2D eigenvalue weighted by Gasteiger charge is -2.46. The number of fused-ring (bicyclic) bond motifs is 3. The molecule has 2 atom stereocenters. The number of benzene rings is 1. The van der Waals surface area contributed by atoms with Crippen LogP contribution in [-0.4, -0.2) is 30.6 Å². The van der Waals surface area contributed by atoms with E-state index in [1.54, 1.807) is 12.1 Å². The summed E-state index contributed by atoms with van der Waals surface area (Å²) in [7, 11) is 0. The van der Waals surface area contributed by atoms with Gasteiger partial charge in [-0.2, -0.15) is 0 Å². The van der Waals surface area contributed by atoms with Crippen LogP contribution in [0.15, 0.2) is 24.3 Å². The number of nitrogens with one attached hydrogen (secondary N) is 1. The molecular formula is C15H21FN2. The van der Waals surface area contributed by atoms with E-state index in [-0.39, 0.29) is 11.9 Å². The van der Waals surface area contributed by atoms with Crippen molar-refractivity contribution < 1.29 is 4.39 Å². The van der Waals surface area contributed by atoms with E-state index in [4.69, 9.17) is 0 Å². The number of nitrogens with zero attached hydrogens (tertiary/aromatic N) is 1. The van der Waals surface area contributed by atoms with Crippen LogP contribution in [0.5, 0.6) is 0 Å². The Kier molecular flexibility index (Phi) is 3.35. The Morgan fingerprint density at radius 1 is 1.28 bits per heavy atom. The van der Waals surface area contributed by atoms with Crippen LogP contribution in [0.2, 0.25) is 0 Å². The summed E-state index contributed by atoms with van der Waals surface area (Å²) in [5.74, 6) is 0.683. The maximum Gasteiger partial charge on any atom is 0.127 e. The fourth-order valence-corrected chi connectivity index (χ4v) is 3.39. The molecule has 2 unspecified atom stereocenters. The Morgan fingerprint density at radius 3 is 2.61 bits per heavy atom. The van der Waals surface area contributed by atoms with E-state index in [0.29, 0.717) is 6.04 Å². The average molecular weight is 248 g/mol. The van der Waals surface area contributed by atoms with Crippen LogP contribution < -0.4 is 5.32 Å². The Bertz CT molecular complexity index is 413. The first-order valence-corrected chi connectivity index (χ1v) is 6.97. The van der Waals surface area contributed by atoms with Crippen molar-refractivity contribution in [2.45, 2.75) is 31.8 Å². The number of hydrogen-bond donors (Lipinski definition) is 1. The predicted octanol–water partition coefficient (Wildman–Crippen LogP) is 2.57. The van der Waals surface area contributed by atoms with Gasteiger partial charge in [0.25, 0.3) is 0 Å². The van der Waals surface area contributed by atoms with Crippen LogP contribution in [0, 0.1) is 11.7 Å². The molecule has 4 rings (SSSR count). The highest BCUT2D eigenvalue weighted by molar-refractivity contribution is 5.20. The number of hydrogen-bond acceptors (Lipinski definition) is 2. The van der Waals surface area contributed by atoms with Gasteiger partial charge in [0, 0.05) is 24.2 Å². The molecule has 3 fully saturated rings. The topological polar surface area (TPSA) is 15.3 Å². The van der Waals surface area contributed by atoms with Gasteiger partial charge >= 0.3 is 0 Å². The highest BCUT2D eigenvalue weighted by atomic mass is 19.1. The molecule has 0 radical (unpaired) electrons. The molecule has 98 valence electrons. The van der Waals surface area contributed by atoms with Gasteiger partial charge in [-0.15, -0.1) is 0 Å². The summed E-state index contributed by atoms with van der Waals surface area (Å²) in [6, 6.07) is 7.71. The molecule has 2 nitrogen and oxygen atoms in total. The highest BCUT2D eigenvalue weighted by Crippen LogP contribution is 2.29. The van der Waals surface area contributed by atoms with Gasteiger partial charge < -0.3 is 10.2 Å². The summed E-state index contributed by atoms with van der Waals surface area (Å²) in [5.41, 5.74) is 0.786. The summed E-state index contributed by atoms with van der Waals surface area (Å²) < 4.78 is 13.7. The molecule has 0 spiro atoms. The van der Waals surface area contributed by atoms with Crippen LogP contribution >= 0.6 is 0 Å². The first-order chi connectivity index (χ1) is 8.74. The molecule has 3 saturated heterocycles. The zero-order chi connectivity index (χ0) is 12.5. The minimum Gasteiger partial charge on any atom is -0.306 e. The summed E-state index contributed by atoms with van der Waals surface area (Å²) in [6.07, 6.45) is 2.59. The van der Waals surface area contributed by atoms with Gasteiger partial charge in [-0.1, -0.05) is 18.2 Å². The third kappa shape index (κ3) is 2.29. The van der Waals surface area contributed by atoms with E-state index in [1.165, 1.54) is 25.9 Å². The molecule has 3 heteroatoms. The standard InChI is InChI=1S/C15H21FN2/c1-11(13-4-2-3-5-14(13)16)17-15-10-18-8-6-12(15)7-9-18/h2-5,11-12,15,17H,6-10H2,1H3. The molecule has 0 saturated carbocycles. The number of piperidine rings is 3. The highest BCUT2D eigenvalue weighted by Gasteiger charge is 2.34. The summed E-state index contributed by atoms with van der Waals surface area (Å²) in [5, 5.41) is 3.63. The molecule has 0 amide bonds. The molecule has 18 heavy (non-hydrogen) atoms. The molecular weight excluding hydrogens is 227 g/mol. The quantitative estimate of drug-likeness (QED) is 0.884. The fraction of sp³-hybridized carbons (Fsp3) is 0.600. The van der Waals surface area contributed by atoms with E-state index in [0.717, 1.165) is 18.0 Å². The SMILES string of the molecule is CC(NC1CN2CCC1CC2)c1ccccc1F. The molecule has 3 heterocycles. The molecule has 1 aromatic rings. The van der Waals surface area contributed by atoms with Crippen molar-refractivity contribution >= 4 is 0 Å². The lowest BCUT2D eigenvalue weighted by Crippen LogP contribution is -2.56. The average Bonchev–Trinajstić information content (AvgIpc) is 2.40. The molecule has 1 aromatic carbocycles. The second kappa shape index (κ2) is 4.98. The predicted molar refractivity (Wildman–Crippen MR) is 70.9 cm³/mol. The van der Waals surface area contributed by atoms with Gasteiger partial charge in [0.05, 0.1) is 0 Å². The molecule has 1 N–H and O–H groups in total. The minimum atomic E-state index is -0.0984. The third-order valence-corrected chi connectivity index (χ3v) is 4.49. The van der Waals surface area contributed by atoms with Gasteiger partial charge in [0.15, 0.2) is 0 Å². The van der Waals surface area contributed by atoms with Crippen molar-refractivity contribution in [3.05, 3.63) is 35.6 Å². The Morgan fingerprint density at radius 2 is 2.00 bits per heavy atom. The van der Waals surface area contributed by atoms with E-state index in [1.807, 2.05) is 12.1 Å². The smallest absolute Gasteiger partial charge is 0.127 e. The van der Waals surface area contributed by atoms with E-state index in [9.17, 15) is 4.39 Å². The van der Waals surface area contributed by atoms with Gasteiger partial charge in [0.1, 0.15) is 5.82 Å². The van der Waals surface area contributed by atoms with E-state index < -0.39 is 0 Å². The van der Waals surface area contributed by atoms with Crippen molar-refractivity contribution in [1.82, 2.24) is 10.2 Å². The molecule has 3 aliphatic rings. The van der Waals surface area contributed by atoms with Gasteiger partial charge in [0.2, 0.25) is 0 Å². The lowest BCUT2D eigenvalue weighted by atomic mass is 9.83. The van der Waals surface area contributed by atoms with Crippen LogP contribution in [0.25, 0.3) is 0 Å². The Hall–Kier alpha value is -0.930.